The Balaban J connectivity index is 2.16. The minimum atomic E-state index is -0.463. The molecule has 0 radical (unpaired) electrons. The van der Waals surface area contributed by atoms with Gasteiger partial charge in [0, 0.05) is 12.6 Å². The van der Waals surface area contributed by atoms with Crippen molar-refractivity contribution in [3.8, 4) is 5.75 Å². The smallest absolute Gasteiger partial charge is 0.255 e. The molecule has 0 spiro atoms. The van der Waals surface area contributed by atoms with Crippen molar-refractivity contribution in [2.75, 3.05) is 13.2 Å². The van der Waals surface area contributed by atoms with Crippen molar-refractivity contribution in [2.24, 2.45) is 5.73 Å². The molecule has 2 aromatic rings. The summed E-state index contributed by atoms with van der Waals surface area (Å²) in [7, 11) is 0. The molecule has 2 rings (SSSR count). The topological polar surface area (TPSA) is 55.6 Å². The number of hydrogen-bond donors (Lipinski definition) is 1. The van der Waals surface area contributed by atoms with Crippen molar-refractivity contribution < 1.29 is 9.53 Å². The maximum absolute atomic E-state index is 10.9. The highest BCUT2D eigenvalue weighted by atomic mass is 16.5. The first-order chi connectivity index (χ1) is 12.6. The SMILES string of the molecule is CCCCN(Cc1cccc(OCC(N)=O)c1)[C@H](CC)c1ccccc1. The molecule has 0 bridgehead atoms. The van der Waals surface area contributed by atoms with E-state index in [-0.39, 0.29) is 6.61 Å². The predicted octanol–water partition coefficient (Wildman–Crippen LogP) is 4.30. The van der Waals surface area contributed by atoms with Crippen LogP contribution in [0.3, 0.4) is 0 Å². The maximum Gasteiger partial charge on any atom is 0.255 e. The van der Waals surface area contributed by atoms with Gasteiger partial charge in [-0.1, -0.05) is 62.7 Å². The molecule has 2 aromatic carbocycles. The number of benzene rings is 2. The first kappa shape index (κ1) is 20.0. The van der Waals surface area contributed by atoms with Crippen LogP contribution in [0.4, 0.5) is 0 Å². The standard InChI is InChI=1S/C22H30N2O2/c1-3-5-14-24(21(4-2)19-11-7-6-8-12-19)16-18-10-9-13-20(15-18)26-17-22(23)25/h6-13,15,21H,3-5,14,16-17H2,1-2H3,(H2,23,25)/t21-/m1/s1. The summed E-state index contributed by atoms with van der Waals surface area (Å²) in [5, 5.41) is 0. The van der Waals surface area contributed by atoms with Crippen LogP contribution >= 0.6 is 0 Å². The third kappa shape index (κ3) is 6.19. The van der Waals surface area contributed by atoms with Crippen LogP contribution in [0.2, 0.25) is 0 Å². The van der Waals surface area contributed by atoms with Crippen LogP contribution in [-0.2, 0) is 11.3 Å². The van der Waals surface area contributed by atoms with Gasteiger partial charge in [0.1, 0.15) is 5.75 Å². The lowest BCUT2D eigenvalue weighted by Gasteiger charge is -2.31. The van der Waals surface area contributed by atoms with Gasteiger partial charge in [0.15, 0.2) is 6.61 Å². The zero-order valence-corrected chi connectivity index (χ0v) is 15.9. The fourth-order valence-electron chi connectivity index (χ4n) is 3.21. The van der Waals surface area contributed by atoms with E-state index in [1.54, 1.807) is 0 Å². The third-order valence-corrected chi connectivity index (χ3v) is 4.48. The monoisotopic (exact) mass is 354 g/mol. The first-order valence-corrected chi connectivity index (χ1v) is 9.43. The van der Waals surface area contributed by atoms with Crippen LogP contribution in [0, 0.1) is 0 Å². The second-order valence-corrected chi connectivity index (χ2v) is 6.56. The number of ether oxygens (including phenoxy) is 1. The number of carbonyl (C=O) groups is 1. The lowest BCUT2D eigenvalue weighted by molar-refractivity contribution is -0.119. The van der Waals surface area contributed by atoms with Crippen molar-refractivity contribution in [1.82, 2.24) is 4.90 Å². The Morgan fingerprint density at radius 1 is 1.12 bits per heavy atom. The molecule has 1 atom stereocenters. The highest BCUT2D eigenvalue weighted by Gasteiger charge is 2.18. The Hall–Kier alpha value is -2.33. The molecule has 26 heavy (non-hydrogen) atoms. The number of amides is 1. The van der Waals surface area contributed by atoms with Crippen LogP contribution in [0.15, 0.2) is 54.6 Å². The Kier molecular flexibility index (Phi) is 8.16. The number of hydrogen-bond acceptors (Lipinski definition) is 3. The number of rotatable bonds is 11. The van der Waals surface area contributed by atoms with E-state index in [1.165, 1.54) is 24.0 Å². The van der Waals surface area contributed by atoms with E-state index in [9.17, 15) is 4.79 Å². The molecule has 0 unspecified atom stereocenters. The average molecular weight is 354 g/mol. The normalized spacial score (nSPS) is 12.1. The molecule has 140 valence electrons. The van der Waals surface area contributed by atoms with Crippen molar-refractivity contribution in [2.45, 2.75) is 45.7 Å². The first-order valence-electron chi connectivity index (χ1n) is 9.43. The fraction of sp³-hybridized carbons (Fsp3) is 0.409. The summed E-state index contributed by atoms with van der Waals surface area (Å²) in [6.45, 7) is 6.27. The Morgan fingerprint density at radius 2 is 1.88 bits per heavy atom. The van der Waals surface area contributed by atoms with E-state index in [2.05, 4.69) is 55.1 Å². The Labute approximate surface area is 157 Å². The minimum absolute atomic E-state index is 0.0927. The summed E-state index contributed by atoms with van der Waals surface area (Å²) in [4.78, 5) is 13.5. The van der Waals surface area contributed by atoms with Crippen LogP contribution in [0.25, 0.3) is 0 Å². The third-order valence-electron chi connectivity index (χ3n) is 4.48. The van der Waals surface area contributed by atoms with E-state index < -0.39 is 5.91 Å². The molecule has 0 aliphatic rings. The zero-order chi connectivity index (χ0) is 18.8. The average Bonchev–Trinajstić information content (AvgIpc) is 2.66. The molecule has 0 aliphatic carbocycles. The van der Waals surface area contributed by atoms with Crippen LogP contribution < -0.4 is 10.5 Å². The highest BCUT2D eigenvalue weighted by molar-refractivity contribution is 5.75. The second-order valence-electron chi connectivity index (χ2n) is 6.56. The summed E-state index contributed by atoms with van der Waals surface area (Å²) in [5.41, 5.74) is 7.70. The van der Waals surface area contributed by atoms with Gasteiger partial charge in [-0.3, -0.25) is 9.69 Å². The van der Waals surface area contributed by atoms with Gasteiger partial charge < -0.3 is 10.5 Å². The van der Waals surface area contributed by atoms with Crippen LogP contribution in [-0.4, -0.2) is 24.0 Å². The van der Waals surface area contributed by atoms with E-state index in [0.29, 0.717) is 11.8 Å². The molecule has 4 nitrogen and oxygen atoms in total. The largest absolute Gasteiger partial charge is 0.484 e. The summed E-state index contributed by atoms with van der Waals surface area (Å²) >= 11 is 0. The highest BCUT2D eigenvalue weighted by Crippen LogP contribution is 2.27. The predicted molar refractivity (Wildman–Crippen MR) is 106 cm³/mol. The molecule has 2 N–H and O–H groups in total. The second kappa shape index (κ2) is 10.6. The zero-order valence-electron chi connectivity index (χ0n) is 15.9. The molecule has 0 saturated carbocycles. The molecule has 0 aliphatic heterocycles. The van der Waals surface area contributed by atoms with E-state index in [0.717, 1.165) is 19.5 Å². The van der Waals surface area contributed by atoms with E-state index in [4.69, 9.17) is 10.5 Å². The van der Waals surface area contributed by atoms with Gasteiger partial charge in [-0.15, -0.1) is 0 Å². The number of carbonyl (C=O) groups excluding carboxylic acids is 1. The number of unbranched alkanes of at least 4 members (excludes halogenated alkanes) is 1. The van der Waals surface area contributed by atoms with Crippen molar-refractivity contribution in [3.05, 3.63) is 65.7 Å². The van der Waals surface area contributed by atoms with Crippen LogP contribution in [0.5, 0.6) is 5.75 Å². The van der Waals surface area contributed by atoms with Gasteiger partial charge >= 0.3 is 0 Å². The van der Waals surface area contributed by atoms with E-state index >= 15 is 0 Å². The summed E-state index contributed by atoms with van der Waals surface area (Å²) in [6.07, 6.45) is 3.40. The molecule has 1 amide bonds. The van der Waals surface area contributed by atoms with Crippen molar-refractivity contribution in [1.29, 1.82) is 0 Å². The number of nitrogens with zero attached hydrogens (tertiary/aromatic N) is 1. The number of primary amides is 1. The van der Waals surface area contributed by atoms with E-state index in [1.807, 2.05) is 18.2 Å². The quantitative estimate of drug-likeness (QED) is 0.654. The molecule has 0 saturated heterocycles. The van der Waals surface area contributed by atoms with Gasteiger partial charge in [0.05, 0.1) is 0 Å². The molecule has 0 aromatic heterocycles. The Morgan fingerprint density at radius 3 is 2.54 bits per heavy atom. The van der Waals surface area contributed by atoms with Gasteiger partial charge in [-0.05, 0) is 42.6 Å². The lowest BCUT2D eigenvalue weighted by atomic mass is 10.0. The van der Waals surface area contributed by atoms with Gasteiger partial charge in [-0.25, -0.2) is 0 Å². The maximum atomic E-state index is 10.9. The summed E-state index contributed by atoms with van der Waals surface area (Å²) < 4.78 is 5.45. The lowest BCUT2D eigenvalue weighted by Crippen LogP contribution is -2.29. The molecule has 4 heteroatoms. The van der Waals surface area contributed by atoms with Crippen LogP contribution in [0.1, 0.15) is 50.3 Å². The molecular weight excluding hydrogens is 324 g/mol. The molecular formula is C22H30N2O2. The fourth-order valence-corrected chi connectivity index (χ4v) is 3.21. The molecule has 0 heterocycles. The van der Waals surface area contributed by atoms with Gasteiger partial charge in [0.25, 0.3) is 5.91 Å². The van der Waals surface area contributed by atoms with Crippen molar-refractivity contribution in [3.63, 3.8) is 0 Å². The summed E-state index contributed by atoms with van der Waals surface area (Å²) in [6, 6.07) is 19.0. The molecule has 0 fully saturated rings. The van der Waals surface area contributed by atoms with Gasteiger partial charge in [-0.2, -0.15) is 0 Å². The van der Waals surface area contributed by atoms with Gasteiger partial charge in [0.2, 0.25) is 0 Å². The number of nitrogens with two attached hydrogens (primary N) is 1. The minimum Gasteiger partial charge on any atom is -0.484 e. The Bertz CT molecular complexity index is 673. The summed E-state index contributed by atoms with van der Waals surface area (Å²) in [5.74, 6) is 0.222. The van der Waals surface area contributed by atoms with Crippen molar-refractivity contribution >= 4 is 5.91 Å².